The van der Waals surface area contributed by atoms with Crippen LogP contribution >= 0.6 is 0 Å². The Balaban J connectivity index is 1.54. The smallest absolute Gasteiger partial charge is 0.414 e. The quantitative estimate of drug-likeness (QED) is 0.271. The van der Waals surface area contributed by atoms with E-state index in [1.807, 2.05) is 54.6 Å². The van der Waals surface area contributed by atoms with E-state index in [2.05, 4.69) is 15.3 Å². The highest BCUT2D eigenvalue weighted by Gasteiger charge is 2.48. The fourth-order valence-electron chi connectivity index (χ4n) is 3.77. The Morgan fingerprint density at radius 1 is 1.15 bits per heavy atom. The number of allylic oxidation sites excluding steroid dienone is 1. The molecule has 170 valence electrons. The second-order valence-electron chi connectivity index (χ2n) is 8.19. The number of oxazole rings is 1. The highest BCUT2D eigenvalue weighted by Crippen LogP contribution is 2.38. The zero-order valence-corrected chi connectivity index (χ0v) is 18.4. The summed E-state index contributed by atoms with van der Waals surface area (Å²) < 4.78 is 10.9. The predicted molar refractivity (Wildman–Crippen MR) is 123 cm³/mol. The molecule has 7 heteroatoms. The van der Waals surface area contributed by atoms with Gasteiger partial charge in [0.15, 0.2) is 5.41 Å². The first-order chi connectivity index (χ1) is 16.2. The summed E-state index contributed by atoms with van der Waals surface area (Å²) in [5.41, 5.74) is 0.346. The van der Waals surface area contributed by atoms with Crippen LogP contribution in [-0.4, -0.2) is 28.6 Å². The minimum absolute atomic E-state index is 0.213. The van der Waals surface area contributed by atoms with Crippen molar-refractivity contribution in [2.45, 2.75) is 37.5 Å². The Hall–Kier alpha value is -3.74. The van der Waals surface area contributed by atoms with Crippen molar-refractivity contribution in [3.05, 3.63) is 90.4 Å². The van der Waals surface area contributed by atoms with Crippen molar-refractivity contribution in [3.8, 4) is 0 Å². The van der Waals surface area contributed by atoms with Gasteiger partial charge in [-0.25, -0.2) is 14.6 Å². The molecule has 3 aromatic rings. The molecule has 4 rings (SSSR count). The minimum Gasteiger partial charge on any atom is -0.447 e. The number of rotatable bonds is 10. The molecule has 1 fully saturated rings. The molecule has 0 spiro atoms. The molecule has 0 radical (unpaired) electrons. The monoisotopic (exact) mass is 445 g/mol. The summed E-state index contributed by atoms with van der Waals surface area (Å²) >= 11 is 0. The molecule has 1 aliphatic carbocycles. The van der Waals surface area contributed by atoms with Crippen molar-refractivity contribution in [2.75, 3.05) is 6.54 Å². The second-order valence-corrected chi connectivity index (χ2v) is 8.19. The van der Waals surface area contributed by atoms with Gasteiger partial charge in [0.25, 0.3) is 0 Å². The molecule has 33 heavy (non-hydrogen) atoms. The van der Waals surface area contributed by atoms with Crippen LogP contribution in [0.15, 0.2) is 77.8 Å². The highest BCUT2D eigenvalue weighted by atomic mass is 16.6. The molecule has 1 aromatic carbocycles. The first-order valence-corrected chi connectivity index (χ1v) is 11.2. The summed E-state index contributed by atoms with van der Waals surface area (Å²) in [5, 5.41) is 2.69. The number of alkyl carbamates (subject to hydrolysis) is 1. The number of unbranched alkanes of at least 4 members (excludes halogenated alkanes) is 1. The normalized spacial score (nSPS) is 15.2. The summed E-state index contributed by atoms with van der Waals surface area (Å²) in [5.74, 6) is -0.00417. The Morgan fingerprint density at radius 2 is 2.00 bits per heavy atom. The third kappa shape index (κ3) is 5.74. The number of hydrogen-bond donors (Lipinski definition) is 1. The second kappa shape index (κ2) is 10.7. The summed E-state index contributed by atoms with van der Waals surface area (Å²) in [6.07, 6.45) is 13.6. The van der Waals surface area contributed by atoms with Crippen LogP contribution < -0.4 is 5.32 Å². The maximum atomic E-state index is 13.5. The number of ether oxygens (including phenoxy) is 1. The van der Waals surface area contributed by atoms with Crippen molar-refractivity contribution in [2.24, 2.45) is 5.92 Å². The molecule has 7 nitrogen and oxygen atoms in total. The SMILES string of the molecule is O=C(NCC1CC1)OC(=O)C(CCCC=Cc1cccnc1)(c1ccccc1)c1ncco1. The van der Waals surface area contributed by atoms with Gasteiger partial charge >= 0.3 is 12.1 Å². The van der Waals surface area contributed by atoms with E-state index in [1.54, 1.807) is 12.4 Å². The van der Waals surface area contributed by atoms with Crippen LogP contribution in [-0.2, 0) is 14.9 Å². The largest absolute Gasteiger partial charge is 0.447 e. The van der Waals surface area contributed by atoms with Crippen molar-refractivity contribution >= 4 is 18.1 Å². The van der Waals surface area contributed by atoms with Crippen molar-refractivity contribution in [1.29, 1.82) is 0 Å². The third-order valence-corrected chi connectivity index (χ3v) is 5.75. The van der Waals surface area contributed by atoms with Gasteiger partial charge in [0.1, 0.15) is 6.26 Å². The summed E-state index contributed by atoms with van der Waals surface area (Å²) in [4.78, 5) is 34.3. The van der Waals surface area contributed by atoms with E-state index in [9.17, 15) is 9.59 Å². The molecule has 2 aromatic heterocycles. The highest BCUT2D eigenvalue weighted by molar-refractivity contribution is 5.93. The maximum Gasteiger partial charge on any atom is 0.414 e. The molecule has 1 saturated carbocycles. The van der Waals surface area contributed by atoms with Gasteiger partial charge < -0.3 is 14.5 Å². The lowest BCUT2D eigenvalue weighted by Gasteiger charge is -2.28. The predicted octanol–water partition coefficient (Wildman–Crippen LogP) is 4.90. The average Bonchev–Trinajstić information content (AvgIpc) is 3.52. The summed E-state index contributed by atoms with van der Waals surface area (Å²) in [6, 6.07) is 13.1. The van der Waals surface area contributed by atoms with E-state index in [1.165, 1.54) is 12.5 Å². The Bertz CT molecular complexity index is 1060. The molecular weight excluding hydrogens is 418 g/mol. The van der Waals surface area contributed by atoms with Crippen LogP contribution in [0, 0.1) is 5.92 Å². The molecule has 1 amide bonds. The Morgan fingerprint density at radius 3 is 2.70 bits per heavy atom. The van der Waals surface area contributed by atoms with Crippen LogP contribution in [0.5, 0.6) is 0 Å². The molecule has 2 heterocycles. The maximum absolute atomic E-state index is 13.5. The number of carbonyl (C=O) groups is 2. The van der Waals surface area contributed by atoms with Gasteiger partial charge in [-0.2, -0.15) is 0 Å². The zero-order chi connectivity index (χ0) is 22.9. The molecule has 0 bridgehead atoms. The van der Waals surface area contributed by atoms with E-state index < -0.39 is 17.5 Å². The van der Waals surface area contributed by atoms with Crippen LogP contribution in [0.4, 0.5) is 4.79 Å². The van der Waals surface area contributed by atoms with E-state index in [0.717, 1.165) is 18.4 Å². The van der Waals surface area contributed by atoms with Gasteiger partial charge in [0.2, 0.25) is 5.89 Å². The molecule has 1 aliphatic rings. The Labute approximate surface area is 192 Å². The van der Waals surface area contributed by atoms with E-state index >= 15 is 0 Å². The minimum atomic E-state index is -1.33. The number of nitrogens with zero attached hydrogens (tertiary/aromatic N) is 2. The van der Waals surface area contributed by atoms with Gasteiger partial charge in [0.05, 0.1) is 6.20 Å². The fourth-order valence-corrected chi connectivity index (χ4v) is 3.77. The lowest BCUT2D eigenvalue weighted by Crippen LogP contribution is -2.42. The van der Waals surface area contributed by atoms with Crippen molar-refractivity contribution < 1.29 is 18.7 Å². The number of aromatic nitrogens is 2. The molecule has 1 N–H and O–H groups in total. The molecular formula is C26H27N3O4. The van der Waals surface area contributed by atoms with Gasteiger partial charge in [0, 0.05) is 18.9 Å². The number of hydrogen-bond acceptors (Lipinski definition) is 6. The number of benzene rings is 1. The topological polar surface area (TPSA) is 94.3 Å². The van der Waals surface area contributed by atoms with Crippen LogP contribution in [0.1, 0.15) is 49.1 Å². The standard InChI is InChI=1S/C26H27N3O4/c30-24(33-25(31)29-19-21-12-13-21)26(23-28-16-17-32-23,22-10-4-1-5-11-22)14-6-2-3-8-20-9-7-15-27-18-20/h1,3-5,7-11,15-18,21H,2,6,12-14,19H2,(H,29,31). The number of carbonyl (C=O) groups excluding carboxylic acids is 2. The first-order valence-electron chi connectivity index (χ1n) is 11.2. The molecule has 1 unspecified atom stereocenters. The third-order valence-electron chi connectivity index (χ3n) is 5.75. The Kier molecular flexibility index (Phi) is 7.29. The van der Waals surface area contributed by atoms with Gasteiger partial charge in [-0.3, -0.25) is 4.98 Å². The number of amides is 1. The molecule has 0 aliphatic heterocycles. The van der Waals surface area contributed by atoms with Crippen LogP contribution in [0.2, 0.25) is 0 Å². The number of esters is 1. The van der Waals surface area contributed by atoms with Gasteiger partial charge in [-0.1, -0.05) is 48.6 Å². The lowest BCUT2D eigenvalue weighted by molar-refractivity contribution is -0.143. The first kappa shape index (κ1) is 22.5. The van der Waals surface area contributed by atoms with Gasteiger partial charge in [-0.05, 0) is 55.2 Å². The van der Waals surface area contributed by atoms with Crippen molar-refractivity contribution in [3.63, 3.8) is 0 Å². The number of pyridine rings is 1. The molecule has 1 atom stereocenters. The summed E-state index contributed by atoms with van der Waals surface area (Å²) in [7, 11) is 0. The fraction of sp³-hybridized carbons (Fsp3) is 0.308. The number of nitrogens with one attached hydrogen (secondary N) is 1. The zero-order valence-electron chi connectivity index (χ0n) is 18.4. The average molecular weight is 446 g/mol. The van der Waals surface area contributed by atoms with Crippen LogP contribution in [0.25, 0.3) is 6.08 Å². The van der Waals surface area contributed by atoms with Crippen LogP contribution in [0.3, 0.4) is 0 Å². The van der Waals surface area contributed by atoms with E-state index in [-0.39, 0.29) is 5.89 Å². The molecule has 0 saturated heterocycles. The van der Waals surface area contributed by atoms with E-state index in [0.29, 0.717) is 37.3 Å². The van der Waals surface area contributed by atoms with Gasteiger partial charge in [-0.15, -0.1) is 0 Å². The van der Waals surface area contributed by atoms with Crippen molar-refractivity contribution in [1.82, 2.24) is 15.3 Å². The lowest BCUT2D eigenvalue weighted by atomic mass is 9.76. The van der Waals surface area contributed by atoms with E-state index in [4.69, 9.17) is 9.15 Å². The summed E-state index contributed by atoms with van der Waals surface area (Å²) in [6.45, 7) is 0.516.